The van der Waals surface area contributed by atoms with Crippen molar-refractivity contribution in [2.45, 2.75) is 142 Å². The van der Waals surface area contributed by atoms with Crippen LogP contribution in [0.4, 0.5) is 0 Å². The summed E-state index contributed by atoms with van der Waals surface area (Å²) >= 11 is 12.3. The predicted molar refractivity (Wildman–Crippen MR) is 177 cm³/mol. The lowest BCUT2D eigenvalue weighted by Gasteiger charge is -2.54. The first-order valence-corrected chi connectivity index (χ1v) is 17.5. The minimum absolute atomic E-state index is 0.0309. The fraction of sp³-hybridized carbons (Fsp3) is 0.757. The molecule has 1 heterocycles. The highest BCUT2D eigenvalue weighted by Crippen LogP contribution is 2.59. The van der Waals surface area contributed by atoms with Gasteiger partial charge in [-0.05, 0) is 145 Å². The van der Waals surface area contributed by atoms with Crippen molar-refractivity contribution in [1.82, 2.24) is 0 Å². The monoisotopic (exact) mass is 648 g/mol. The zero-order valence-electron chi connectivity index (χ0n) is 28.0. The van der Waals surface area contributed by atoms with E-state index in [2.05, 4.69) is 33.8 Å². The molecule has 3 fully saturated rings. The summed E-state index contributed by atoms with van der Waals surface area (Å²) < 4.78 is 13.0. The first-order chi connectivity index (χ1) is 20.3. The maximum Gasteiger partial charge on any atom is 0.338 e. The van der Waals surface area contributed by atoms with Gasteiger partial charge in [-0.2, -0.15) is 0 Å². The Kier molecular flexibility index (Phi) is 9.22. The molecule has 0 unspecified atom stereocenters. The van der Waals surface area contributed by atoms with Crippen LogP contribution in [0.5, 0.6) is 0 Å². The molecule has 246 valence electrons. The largest absolute Gasteiger partial charge is 0.456 e. The van der Waals surface area contributed by atoms with E-state index in [1.807, 2.05) is 27.7 Å². The molecule has 4 aliphatic rings. The smallest absolute Gasteiger partial charge is 0.338 e. The van der Waals surface area contributed by atoms with Crippen LogP contribution in [0.1, 0.15) is 124 Å². The number of esters is 1. The Bertz CT molecular complexity index is 1280. The summed E-state index contributed by atoms with van der Waals surface area (Å²) in [7, 11) is 0. The molecule has 2 saturated carbocycles. The highest BCUT2D eigenvalue weighted by molar-refractivity contribution is 6.42. The van der Waals surface area contributed by atoms with Gasteiger partial charge in [0.2, 0.25) is 0 Å². The first-order valence-electron chi connectivity index (χ1n) is 16.7. The first kappa shape index (κ1) is 34.2. The Balaban J connectivity index is 1.37. The SMILES string of the molecule is CC1=CC[C@H]2[C@H](CC[C@]2(C)O)C(C)(C)[C@@H]1CC[C@H]1[C@]2(C)CC[C@H](OC(=O)c3ccc(Cl)c(Cl)c3)C(C)(C)O[C@H]2CC[C@@]1(C)O. The Morgan fingerprint density at radius 3 is 2.27 bits per heavy atom. The van der Waals surface area contributed by atoms with Gasteiger partial charge in [0.15, 0.2) is 0 Å². The number of ether oxygens (including phenoxy) is 2. The van der Waals surface area contributed by atoms with Crippen LogP contribution in [0.25, 0.3) is 0 Å². The highest BCUT2D eigenvalue weighted by atomic mass is 35.5. The lowest BCUT2D eigenvalue weighted by Crippen LogP contribution is -2.56. The van der Waals surface area contributed by atoms with Crippen molar-refractivity contribution in [1.29, 1.82) is 0 Å². The fourth-order valence-electron chi connectivity index (χ4n) is 10.1. The van der Waals surface area contributed by atoms with E-state index in [0.29, 0.717) is 40.3 Å². The van der Waals surface area contributed by atoms with Gasteiger partial charge in [0.05, 0.1) is 38.5 Å². The average molecular weight is 650 g/mol. The number of carbonyl (C=O) groups is 1. The second kappa shape index (κ2) is 11.8. The molecule has 1 aromatic rings. The van der Waals surface area contributed by atoms with Gasteiger partial charge in [0.1, 0.15) is 6.10 Å². The van der Waals surface area contributed by atoms with Gasteiger partial charge >= 0.3 is 5.97 Å². The molecule has 2 N–H and O–H groups in total. The third kappa shape index (κ3) is 6.15. The van der Waals surface area contributed by atoms with Gasteiger partial charge in [-0.25, -0.2) is 4.79 Å². The molecule has 9 atom stereocenters. The van der Waals surface area contributed by atoms with E-state index in [0.717, 1.165) is 44.9 Å². The maximum atomic E-state index is 13.2. The molecule has 1 aromatic carbocycles. The lowest BCUT2D eigenvalue weighted by atomic mass is 9.55. The molecule has 5 rings (SSSR count). The van der Waals surface area contributed by atoms with Crippen LogP contribution in [0, 0.1) is 34.5 Å². The maximum absolute atomic E-state index is 13.2. The summed E-state index contributed by atoms with van der Waals surface area (Å²) in [5.74, 6) is 0.737. The van der Waals surface area contributed by atoms with Crippen molar-refractivity contribution in [3.8, 4) is 0 Å². The summed E-state index contributed by atoms with van der Waals surface area (Å²) in [5, 5.41) is 23.9. The van der Waals surface area contributed by atoms with E-state index >= 15 is 0 Å². The van der Waals surface area contributed by atoms with Crippen LogP contribution in [0.2, 0.25) is 10.0 Å². The lowest BCUT2D eigenvalue weighted by molar-refractivity contribution is -0.206. The molecule has 0 spiro atoms. The fourth-order valence-corrected chi connectivity index (χ4v) is 10.4. The molecule has 0 aromatic heterocycles. The van der Waals surface area contributed by atoms with Gasteiger partial charge < -0.3 is 19.7 Å². The normalized spacial score (nSPS) is 41.5. The molecule has 0 amide bonds. The number of hydrogen-bond acceptors (Lipinski definition) is 5. The topological polar surface area (TPSA) is 76.0 Å². The molecule has 1 aliphatic heterocycles. The second-order valence-electron chi connectivity index (χ2n) is 16.5. The Hall–Kier alpha value is -1.11. The summed E-state index contributed by atoms with van der Waals surface area (Å²) in [6.45, 7) is 17.5. The Morgan fingerprint density at radius 2 is 1.59 bits per heavy atom. The third-order valence-corrected chi connectivity index (χ3v) is 13.6. The van der Waals surface area contributed by atoms with E-state index in [1.165, 1.54) is 5.57 Å². The molecular weight excluding hydrogens is 595 g/mol. The minimum Gasteiger partial charge on any atom is -0.456 e. The number of benzene rings is 1. The minimum atomic E-state index is -0.818. The van der Waals surface area contributed by atoms with Crippen molar-refractivity contribution in [3.05, 3.63) is 45.5 Å². The van der Waals surface area contributed by atoms with E-state index in [9.17, 15) is 15.0 Å². The summed E-state index contributed by atoms with van der Waals surface area (Å²) in [6.07, 6.45) is 9.53. The van der Waals surface area contributed by atoms with E-state index in [4.69, 9.17) is 32.7 Å². The number of hydrogen-bond donors (Lipinski definition) is 2. The van der Waals surface area contributed by atoms with Gasteiger partial charge in [-0.3, -0.25) is 0 Å². The number of allylic oxidation sites excluding steroid dienone is 2. The van der Waals surface area contributed by atoms with Crippen molar-refractivity contribution in [2.75, 3.05) is 0 Å². The van der Waals surface area contributed by atoms with Crippen molar-refractivity contribution < 1.29 is 24.5 Å². The number of carbonyl (C=O) groups excluding carboxylic acids is 1. The zero-order chi connectivity index (χ0) is 32.5. The Labute approximate surface area is 275 Å². The van der Waals surface area contributed by atoms with Crippen LogP contribution < -0.4 is 0 Å². The van der Waals surface area contributed by atoms with Crippen molar-refractivity contribution >= 4 is 29.2 Å². The number of fused-ring (bicyclic) bond motifs is 2. The summed E-state index contributed by atoms with van der Waals surface area (Å²) in [5.41, 5.74) is -0.564. The standard InChI is InChI=1S/C37H54Cl2O5/c1-22-9-11-26-25(15-19-36(26,7)41)33(2,3)24(22)12-14-29-35(6)18-16-30(34(4,5)44-31(35)17-20-37(29,8)42)43-32(40)23-10-13-27(38)28(39)21-23/h9-10,13,21,24-26,29-31,41-42H,11-12,14-20H2,1-8H3/t24-,25+,26+,29+,30+,31+,35+,36+,37-/m1/s1. The predicted octanol–water partition coefficient (Wildman–Crippen LogP) is 9.19. The molecule has 5 nitrogen and oxygen atoms in total. The molecule has 1 saturated heterocycles. The molecular formula is C37H54Cl2O5. The second-order valence-corrected chi connectivity index (χ2v) is 17.3. The summed E-state index contributed by atoms with van der Waals surface area (Å²) in [4.78, 5) is 13.2. The van der Waals surface area contributed by atoms with Crippen LogP contribution in [0.3, 0.4) is 0 Å². The van der Waals surface area contributed by atoms with Crippen molar-refractivity contribution in [2.24, 2.45) is 34.5 Å². The number of aliphatic hydroxyl groups is 2. The molecule has 44 heavy (non-hydrogen) atoms. The van der Waals surface area contributed by atoms with Gasteiger partial charge in [-0.1, -0.05) is 55.6 Å². The number of rotatable bonds is 5. The summed E-state index contributed by atoms with van der Waals surface area (Å²) in [6, 6.07) is 4.79. The molecule has 0 radical (unpaired) electrons. The quantitative estimate of drug-likeness (QED) is 0.246. The van der Waals surface area contributed by atoms with Crippen LogP contribution in [-0.4, -0.2) is 45.2 Å². The van der Waals surface area contributed by atoms with Gasteiger partial charge in [-0.15, -0.1) is 0 Å². The van der Waals surface area contributed by atoms with E-state index in [1.54, 1.807) is 18.2 Å². The van der Waals surface area contributed by atoms with E-state index < -0.39 is 28.9 Å². The zero-order valence-corrected chi connectivity index (χ0v) is 29.5. The van der Waals surface area contributed by atoms with Crippen LogP contribution in [0.15, 0.2) is 29.8 Å². The molecule has 7 heteroatoms. The van der Waals surface area contributed by atoms with Crippen LogP contribution in [-0.2, 0) is 9.47 Å². The Morgan fingerprint density at radius 1 is 0.909 bits per heavy atom. The van der Waals surface area contributed by atoms with Crippen LogP contribution >= 0.6 is 23.2 Å². The van der Waals surface area contributed by atoms with Gasteiger partial charge in [0.25, 0.3) is 0 Å². The molecule has 3 aliphatic carbocycles. The van der Waals surface area contributed by atoms with E-state index in [-0.39, 0.29) is 28.8 Å². The average Bonchev–Trinajstić information content (AvgIpc) is 3.13. The molecule has 0 bridgehead atoms. The third-order valence-electron chi connectivity index (χ3n) is 12.9. The van der Waals surface area contributed by atoms with Crippen molar-refractivity contribution in [3.63, 3.8) is 0 Å². The van der Waals surface area contributed by atoms with Gasteiger partial charge in [0, 0.05) is 0 Å². The highest BCUT2D eigenvalue weighted by Gasteiger charge is 2.58. The number of halogens is 2.